The van der Waals surface area contributed by atoms with Gasteiger partial charge in [-0.1, -0.05) is 0 Å². The van der Waals surface area contributed by atoms with Gasteiger partial charge in [0.05, 0.1) is 17.6 Å². The summed E-state index contributed by atoms with van der Waals surface area (Å²) in [5.74, 6) is -0.401. The van der Waals surface area contributed by atoms with Crippen LogP contribution in [0, 0.1) is 12.7 Å². The average Bonchev–Trinajstić information content (AvgIpc) is 2.35. The highest BCUT2D eigenvalue weighted by atomic mass is 32.2. The Hall–Kier alpha value is -0.980. The fourth-order valence-electron chi connectivity index (χ4n) is 2.16. The second-order valence-electron chi connectivity index (χ2n) is 4.84. The summed E-state index contributed by atoms with van der Waals surface area (Å²) in [5, 5.41) is 0. The topological polar surface area (TPSA) is 46.6 Å². The van der Waals surface area contributed by atoms with Gasteiger partial charge in [-0.15, -0.1) is 0 Å². The van der Waals surface area contributed by atoms with Crippen LogP contribution < -0.4 is 0 Å². The lowest BCUT2D eigenvalue weighted by Crippen LogP contribution is -2.51. The number of hydrogen-bond donors (Lipinski definition) is 0. The van der Waals surface area contributed by atoms with Crippen molar-refractivity contribution in [1.29, 1.82) is 0 Å². The third-order valence-electron chi connectivity index (χ3n) is 3.56. The van der Waals surface area contributed by atoms with E-state index in [2.05, 4.69) is 0 Å². The van der Waals surface area contributed by atoms with Gasteiger partial charge in [-0.2, -0.15) is 4.31 Å². The standard InChI is InChI=1S/C13H18FNO3S/c1-9-8-12(4-5-13(9)14)19(16,17)15-6-7-18-11(3)10(15)2/h4-5,8,10-11H,6-7H2,1-3H3. The number of halogens is 1. The molecule has 0 N–H and O–H groups in total. The first-order chi connectivity index (χ1) is 8.84. The molecule has 6 heteroatoms. The first-order valence-electron chi connectivity index (χ1n) is 6.23. The molecule has 2 rings (SSSR count). The Bertz CT molecular complexity index is 573. The summed E-state index contributed by atoms with van der Waals surface area (Å²) in [7, 11) is -3.60. The first-order valence-corrected chi connectivity index (χ1v) is 7.67. The molecule has 1 aromatic carbocycles. The highest BCUT2D eigenvalue weighted by molar-refractivity contribution is 7.89. The van der Waals surface area contributed by atoms with E-state index in [1.807, 2.05) is 13.8 Å². The van der Waals surface area contributed by atoms with E-state index < -0.39 is 15.8 Å². The van der Waals surface area contributed by atoms with Crippen molar-refractivity contribution in [3.8, 4) is 0 Å². The molecular weight excluding hydrogens is 269 g/mol. The van der Waals surface area contributed by atoms with Crippen LogP contribution in [0.5, 0.6) is 0 Å². The van der Waals surface area contributed by atoms with Gasteiger partial charge >= 0.3 is 0 Å². The van der Waals surface area contributed by atoms with Gasteiger partial charge < -0.3 is 4.74 Å². The quantitative estimate of drug-likeness (QED) is 0.835. The van der Waals surface area contributed by atoms with Gasteiger partial charge in [0, 0.05) is 12.6 Å². The average molecular weight is 287 g/mol. The minimum atomic E-state index is -3.60. The molecule has 0 aliphatic carbocycles. The van der Waals surface area contributed by atoms with Crippen LogP contribution in [0.15, 0.2) is 23.1 Å². The highest BCUT2D eigenvalue weighted by Gasteiger charge is 2.35. The van der Waals surface area contributed by atoms with Crippen LogP contribution in [0.2, 0.25) is 0 Å². The van der Waals surface area contributed by atoms with Gasteiger partial charge in [0.1, 0.15) is 5.82 Å². The SMILES string of the molecule is Cc1cc(S(=O)(=O)N2CCOC(C)C2C)ccc1F. The largest absolute Gasteiger partial charge is 0.375 e. The van der Waals surface area contributed by atoms with Crippen molar-refractivity contribution in [3.63, 3.8) is 0 Å². The molecule has 106 valence electrons. The van der Waals surface area contributed by atoms with Crippen molar-refractivity contribution in [2.45, 2.75) is 37.8 Å². The Morgan fingerprint density at radius 2 is 2.05 bits per heavy atom. The summed E-state index contributed by atoms with van der Waals surface area (Å²) in [5.41, 5.74) is 0.329. The lowest BCUT2D eigenvalue weighted by Gasteiger charge is -2.36. The van der Waals surface area contributed by atoms with Crippen molar-refractivity contribution < 1.29 is 17.5 Å². The predicted octanol–water partition coefficient (Wildman–Crippen LogP) is 1.93. The van der Waals surface area contributed by atoms with Gasteiger partial charge in [0.2, 0.25) is 10.0 Å². The summed E-state index contributed by atoms with van der Waals surface area (Å²) in [4.78, 5) is 0.132. The van der Waals surface area contributed by atoms with Crippen molar-refractivity contribution >= 4 is 10.0 Å². The molecule has 1 fully saturated rings. The maximum atomic E-state index is 13.2. The van der Waals surface area contributed by atoms with Gasteiger partial charge in [0.25, 0.3) is 0 Å². The minimum Gasteiger partial charge on any atom is -0.375 e. The number of hydrogen-bond acceptors (Lipinski definition) is 3. The lowest BCUT2D eigenvalue weighted by atomic mass is 10.2. The second-order valence-corrected chi connectivity index (χ2v) is 6.73. The molecule has 0 spiro atoms. The van der Waals surface area contributed by atoms with Crippen LogP contribution in [0.25, 0.3) is 0 Å². The first kappa shape index (κ1) is 14.4. The smallest absolute Gasteiger partial charge is 0.243 e. The van der Waals surface area contributed by atoms with E-state index in [1.54, 1.807) is 6.92 Å². The fourth-order valence-corrected chi connectivity index (χ4v) is 3.92. The Morgan fingerprint density at radius 1 is 1.37 bits per heavy atom. The highest BCUT2D eigenvalue weighted by Crippen LogP contribution is 2.24. The normalized spacial score (nSPS) is 25.5. The van der Waals surface area contributed by atoms with E-state index in [4.69, 9.17) is 4.74 Å². The third-order valence-corrected chi connectivity index (χ3v) is 5.54. The van der Waals surface area contributed by atoms with E-state index in [0.29, 0.717) is 18.7 Å². The Labute approximate surface area is 113 Å². The van der Waals surface area contributed by atoms with E-state index in [-0.39, 0.29) is 17.0 Å². The summed E-state index contributed by atoms with van der Waals surface area (Å²) in [6.07, 6.45) is -0.148. The molecule has 0 bridgehead atoms. The molecule has 0 aromatic heterocycles. The summed E-state index contributed by atoms with van der Waals surface area (Å²) >= 11 is 0. The lowest BCUT2D eigenvalue weighted by molar-refractivity contribution is -0.0232. The Morgan fingerprint density at radius 3 is 2.68 bits per heavy atom. The van der Waals surface area contributed by atoms with Crippen molar-refractivity contribution in [2.24, 2.45) is 0 Å². The van der Waals surface area contributed by atoms with Gasteiger partial charge in [-0.25, -0.2) is 12.8 Å². The molecule has 1 saturated heterocycles. The third kappa shape index (κ3) is 2.66. The molecule has 1 aromatic rings. The van der Waals surface area contributed by atoms with Crippen molar-refractivity contribution in [1.82, 2.24) is 4.31 Å². The van der Waals surface area contributed by atoms with Crippen molar-refractivity contribution in [3.05, 3.63) is 29.6 Å². The van der Waals surface area contributed by atoms with Gasteiger partial charge in [0.15, 0.2) is 0 Å². The number of sulfonamides is 1. The Kier molecular flexibility index (Phi) is 3.94. The molecule has 0 radical (unpaired) electrons. The molecule has 4 nitrogen and oxygen atoms in total. The molecule has 19 heavy (non-hydrogen) atoms. The van der Waals surface area contributed by atoms with Crippen LogP contribution in [0.4, 0.5) is 4.39 Å². The molecule has 1 aliphatic heterocycles. The molecule has 2 atom stereocenters. The minimum absolute atomic E-state index is 0.132. The molecule has 1 aliphatic rings. The number of morpholine rings is 1. The number of nitrogens with zero attached hydrogens (tertiary/aromatic N) is 1. The fraction of sp³-hybridized carbons (Fsp3) is 0.538. The summed E-state index contributed by atoms with van der Waals surface area (Å²) < 4.78 is 45.2. The zero-order chi connectivity index (χ0) is 14.2. The van der Waals surface area contributed by atoms with Crippen LogP contribution in [-0.4, -0.2) is 38.0 Å². The molecule has 0 saturated carbocycles. The second kappa shape index (κ2) is 5.19. The van der Waals surface area contributed by atoms with E-state index in [0.717, 1.165) is 0 Å². The van der Waals surface area contributed by atoms with Gasteiger partial charge in [-0.3, -0.25) is 0 Å². The number of aryl methyl sites for hydroxylation is 1. The zero-order valence-electron chi connectivity index (χ0n) is 11.3. The zero-order valence-corrected chi connectivity index (χ0v) is 12.1. The van der Waals surface area contributed by atoms with Crippen LogP contribution >= 0.6 is 0 Å². The predicted molar refractivity (Wildman–Crippen MR) is 69.9 cm³/mol. The summed E-state index contributed by atoms with van der Waals surface area (Å²) in [6.45, 7) is 5.93. The summed E-state index contributed by atoms with van der Waals surface area (Å²) in [6, 6.07) is 3.64. The van der Waals surface area contributed by atoms with E-state index in [1.165, 1.54) is 22.5 Å². The van der Waals surface area contributed by atoms with E-state index in [9.17, 15) is 12.8 Å². The van der Waals surface area contributed by atoms with Crippen molar-refractivity contribution in [2.75, 3.05) is 13.2 Å². The molecular formula is C13H18FNO3S. The Balaban J connectivity index is 2.38. The number of benzene rings is 1. The van der Waals surface area contributed by atoms with Crippen LogP contribution in [-0.2, 0) is 14.8 Å². The molecule has 2 unspecified atom stereocenters. The van der Waals surface area contributed by atoms with Gasteiger partial charge in [-0.05, 0) is 44.5 Å². The van der Waals surface area contributed by atoms with Crippen LogP contribution in [0.3, 0.4) is 0 Å². The maximum absolute atomic E-state index is 13.2. The number of rotatable bonds is 2. The molecule has 0 amide bonds. The maximum Gasteiger partial charge on any atom is 0.243 e. The monoisotopic (exact) mass is 287 g/mol. The van der Waals surface area contributed by atoms with E-state index >= 15 is 0 Å². The number of ether oxygens (including phenoxy) is 1. The van der Waals surface area contributed by atoms with Crippen LogP contribution in [0.1, 0.15) is 19.4 Å². The molecule has 1 heterocycles.